The topological polar surface area (TPSA) is 23.6 Å². The van der Waals surface area contributed by atoms with Crippen molar-refractivity contribution in [2.45, 2.75) is 23.8 Å². The van der Waals surface area contributed by atoms with Crippen molar-refractivity contribution in [2.75, 3.05) is 44.4 Å². The van der Waals surface area contributed by atoms with Crippen LogP contribution in [0.25, 0.3) is 0 Å². The maximum atomic E-state index is 12.6. The first-order valence-electron chi connectivity index (χ1n) is 7.86. The summed E-state index contributed by atoms with van der Waals surface area (Å²) in [7, 11) is 4.17. The van der Waals surface area contributed by atoms with E-state index in [1.54, 1.807) is 11.8 Å². The summed E-state index contributed by atoms with van der Waals surface area (Å²) in [6.07, 6.45) is 1.75. The first-order chi connectivity index (χ1) is 10.7. The molecule has 5 heteroatoms. The summed E-state index contributed by atoms with van der Waals surface area (Å²) < 4.78 is 0. The average Bonchev–Trinajstić information content (AvgIpc) is 2.73. The first kappa shape index (κ1) is 17.7. The van der Waals surface area contributed by atoms with Gasteiger partial charge < -0.3 is 9.80 Å². The molecule has 1 aromatic carbocycles. The number of hydrogen-bond donors (Lipinski definition) is 0. The van der Waals surface area contributed by atoms with Crippen LogP contribution in [-0.2, 0) is 4.79 Å². The van der Waals surface area contributed by atoms with Gasteiger partial charge in [-0.15, -0.1) is 11.8 Å². The Hall–Kier alpha value is -0.650. The van der Waals surface area contributed by atoms with Crippen LogP contribution in [0.5, 0.6) is 0 Å². The van der Waals surface area contributed by atoms with E-state index in [-0.39, 0.29) is 0 Å². The summed E-state index contributed by atoms with van der Waals surface area (Å²) in [5, 5.41) is 0. The molecule has 1 fully saturated rings. The third kappa shape index (κ3) is 5.86. The molecule has 0 radical (unpaired) electrons. The first-order valence-corrected chi connectivity index (χ1v) is 10.0. The maximum absolute atomic E-state index is 12.6. The number of nitrogens with zero attached hydrogens (tertiary/aromatic N) is 2. The molecule has 0 saturated carbocycles. The van der Waals surface area contributed by atoms with Gasteiger partial charge in [-0.25, -0.2) is 0 Å². The quantitative estimate of drug-likeness (QED) is 0.744. The number of likely N-dealkylation sites (N-methyl/N-ethyl adjacent to an activating group) is 1. The largest absolute Gasteiger partial charge is 0.338 e. The van der Waals surface area contributed by atoms with Gasteiger partial charge in [0.15, 0.2) is 0 Å². The van der Waals surface area contributed by atoms with Gasteiger partial charge in [0.25, 0.3) is 0 Å². The van der Waals surface area contributed by atoms with Crippen molar-refractivity contribution in [3.05, 3.63) is 30.3 Å². The van der Waals surface area contributed by atoms with Crippen molar-refractivity contribution in [2.24, 2.45) is 0 Å². The van der Waals surface area contributed by atoms with Crippen LogP contribution in [-0.4, -0.2) is 66.2 Å². The number of carbonyl (C=O) groups is 1. The van der Waals surface area contributed by atoms with Crippen LogP contribution >= 0.6 is 23.5 Å². The van der Waals surface area contributed by atoms with Crippen molar-refractivity contribution in [1.29, 1.82) is 0 Å². The molecule has 0 bridgehead atoms. The third-order valence-corrected chi connectivity index (χ3v) is 5.87. The molecule has 0 spiro atoms. The molecule has 3 nitrogen and oxygen atoms in total. The van der Waals surface area contributed by atoms with E-state index in [1.165, 1.54) is 10.6 Å². The summed E-state index contributed by atoms with van der Waals surface area (Å²) in [5.41, 5.74) is 0. The summed E-state index contributed by atoms with van der Waals surface area (Å²) in [6.45, 7) is 1.88. The standard InChI is InChI=1S/C17H26N2OS2/c1-18(2)13-15-14-21-11-6-10-19(15)17(20)9-12-22-16-7-4-3-5-8-16/h3-5,7-8,15H,6,9-14H2,1-2H3. The van der Waals surface area contributed by atoms with E-state index in [0.29, 0.717) is 18.4 Å². The second kappa shape index (κ2) is 9.48. The molecule has 1 amide bonds. The summed E-state index contributed by atoms with van der Waals surface area (Å²) in [4.78, 5) is 18.2. The lowest BCUT2D eigenvalue weighted by Gasteiger charge is -2.31. The van der Waals surface area contributed by atoms with Gasteiger partial charge in [0, 0.05) is 35.9 Å². The van der Waals surface area contributed by atoms with Crippen molar-refractivity contribution < 1.29 is 4.79 Å². The molecule has 0 aromatic heterocycles. The molecule has 1 atom stereocenters. The smallest absolute Gasteiger partial charge is 0.223 e. The predicted octanol–water partition coefficient (Wildman–Crippen LogP) is 3.06. The molecule has 1 aliphatic heterocycles. The van der Waals surface area contributed by atoms with E-state index in [0.717, 1.165) is 31.0 Å². The zero-order valence-corrected chi connectivity index (χ0v) is 15.2. The lowest BCUT2D eigenvalue weighted by molar-refractivity contribution is -0.132. The Kier molecular flexibility index (Phi) is 7.63. The molecule has 1 heterocycles. The lowest BCUT2D eigenvalue weighted by Crippen LogP contribution is -2.46. The van der Waals surface area contributed by atoms with Crippen LogP contribution in [0.15, 0.2) is 35.2 Å². The molecule has 22 heavy (non-hydrogen) atoms. The summed E-state index contributed by atoms with van der Waals surface area (Å²) in [6, 6.07) is 10.7. The van der Waals surface area contributed by atoms with E-state index in [9.17, 15) is 4.79 Å². The number of amides is 1. The second-order valence-electron chi connectivity index (χ2n) is 5.84. The third-order valence-electron chi connectivity index (χ3n) is 3.66. The van der Waals surface area contributed by atoms with Crippen LogP contribution in [0.2, 0.25) is 0 Å². The van der Waals surface area contributed by atoms with E-state index >= 15 is 0 Å². The highest BCUT2D eigenvalue weighted by Gasteiger charge is 2.25. The minimum atomic E-state index is 0.317. The molecule has 1 aliphatic rings. The predicted molar refractivity (Wildman–Crippen MR) is 97.8 cm³/mol. The minimum absolute atomic E-state index is 0.317. The lowest BCUT2D eigenvalue weighted by atomic mass is 10.2. The maximum Gasteiger partial charge on any atom is 0.223 e. The van der Waals surface area contributed by atoms with Crippen molar-refractivity contribution >= 4 is 29.4 Å². The van der Waals surface area contributed by atoms with Gasteiger partial charge in [0.05, 0.1) is 6.04 Å². The number of thioether (sulfide) groups is 2. The molecular formula is C17H26N2OS2. The van der Waals surface area contributed by atoms with Crippen molar-refractivity contribution in [3.63, 3.8) is 0 Å². The molecule has 1 saturated heterocycles. The van der Waals surface area contributed by atoms with Crippen LogP contribution in [0.4, 0.5) is 0 Å². The Morgan fingerprint density at radius 3 is 2.86 bits per heavy atom. The van der Waals surface area contributed by atoms with Gasteiger partial charge in [0.2, 0.25) is 5.91 Å². The molecule has 0 N–H and O–H groups in total. The highest BCUT2D eigenvalue weighted by molar-refractivity contribution is 7.99. The van der Waals surface area contributed by atoms with Gasteiger partial charge in [-0.2, -0.15) is 11.8 Å². The van der Waals surface area contributed by atoms with Crippen LogP contribution < -0.4 is 0 Å². The normalized spacial score (nSPS) is 19.2. The van der Waals surface area contributed by atoms with E-state index < -0.39 is 0 Å². The van der Waals surface area contributed by atoms with Gasteiger partial charge >= 0.3 is 0 Å². The molecular weight excluding hydrogens is 312 g/mol. The Morgan fingerprint density at radius 1 is 1.36 bits per heavy atom. The van der Waals surface area contributed by atoms with E-state index in [1.807, 2.05) is 30.0 Å². The van der Waals surface area contributed by atoms with E-state index in [4.69, 9.17) is 0 Å². The number of rotatable bonds is 6. The molecule has 0 aliphatic carbocycles. The second-order valence-corrected chi connectivity index (χ2v) is 8.16. The Labute approximate surface area is 142 Å². The number of hydrogen-bond acceptors (Lipinski definition) is 4. The highest BCUT2D eigenvalue weighted by atomic mass is 32.2. The molecule has 1 aromatic rings. The zero-order chi connectivity index (χ0) is 15.8. The highest BCUT2D eigenvalue weighted by Crippen LogP contribution is 2.21. The molecule has 1 unspecified atom stereocenters. The molecule has 122 valence electrons. The Bertz CT molecular complexity index is 453. The van der Waals surface area contributed by atoms with Gasteiger partial charge in [-0.05, 0) is 38.4 Å². The fraction of sp³-hybridized carbons (Fsp3) is 0.588. The van der Waals surface area contributed by atoms with Gasteiger partial charge in [-0.1, -0.05) is 18.2 Å². The van der Waals surface area contributed by atoms with Crippen LogP contribution in [0.3, 0.4) is 0 Å². The minimum Gasteiger partial charge on any atom is -0.338 e. The van der Waals surface area contributed by atoms with Crippen LogP contribution in [0, 0.1) is 0 Å². The van der Waals surface area contributed by atoms with E-state index in [2.05, 4.69) is 36.0 Å². The van der Waals surface area contributed by atoms with Crippen LogP contribution in [0.1, 0.15) is 12.8 Å². The zero-order valence-electron chi connectivity index (χ0n) is 13.5. The fourth-order valence-corrected chi connectivity index (χ4v) is 4.57. The van der Waals surface area contributed by atoms with Crippen molar-refractivity contribution in [1.82, 2.24) is 9.80 Å². The average molecular weight is 339 g/mol. The summed E-state index contributed by atoms with van der Waals surface area (Å²) in [5.74, 6) is 3.42. The number of carbonyl (C=O) groups excluding carboxylic acids is 1. The SMILES string of the molecule is CN(C)CC1CSCCCN1C(=O)CCSc1ccccc1. The Balaban J connectivity index is 1.85. The molecule has 2 rings (SSSR count). The van der Waals surface area contributed by atoms with Crippen molar-refractivity contribution in [3.8, 4) is 0 Å². The Morgan fingerprint density at radius 2 is 2.14 bits per heavy atom. The van der Waals surface area contributed by atoms with Gasteiger partial charge in [0.1, 0.15) is 0 Å². The fourth-order valence-electron chi connectivity index (χ4n) is 2.65. The van der Waals surface area contributed by atoms with Gasteiger partial charge in [-0.3, -0.25) is 4.79 Å². The number of benzene rings is 1. The monoisotopic (exact) mass is 338 g/mol. The summed E-state index contributed by atoms with van der Waals surface area (Å²) >= 11 is 3.75.